The number of aromatic hydroxyl groups is 1. The molecule has 0 unspecified atom stereocenters. The van der Waals surface area contributed by atoms with Crippen LogP contribution in [0.3, 0.4) is 0 Å². The van der Waals surface area contributed by atoms with Gasteiger partial charge in [0.15, 0.2) is 0 Å². The van der Waals surface area contributed by atoms with E-state index in [-0.39, 0.29) is 29.1 Å². The zero-order valence-electron chi connectivity index (χ0n) is 8.06. The van der Waals surface area contributed by atoms with E-state index in [4.69, 9.17) is 10.4 Å². The number of carbonyl (C=O) groups is 1. The molecule has 16 heavy (non-hydrogen) atoms. The van der Waals surface area contributed by atoms with Gasteiger partial charge in [0.1, 0.15) is 17.1 Å². The largest absolute Gasteiger partial charge is 0.507 e. The lowest BCUT2D eigenvalue weighted by atomic mass is 10.1. The number of fused-ring (bicyclic) bond motifs is 1. The Kier molecular flexibility index (Phi) is 2.21. The maximum Gasteiger partial charge on any atom is 0.352 e. The van der Waals surface area contributed by atoms with E-state index in [1.54, 1.807) is 0 Å². The number of H-pyrrole nitrogens is 1. The Bertz CT molecular complexity index is 610. The molecule has 0 saturated heterocycles. The van der Waals surface area contributed by atoms with Gasteiger partial charge in [-0.1, -0.05) is 0 Å². The summed E-state index contributed by atoms with van der Waals surface area (Å²) in [5.41, 5.74) is 0.420. The predicted molar refractivity (Wildman–Crippen MR) is 54.0 cm³/mol. The van der Waals surface area contributed by atoms with Crippen molar-refractivity contribution < 1.29 is 15.0 Å². The maximum absolute atomic E-state index is 10.9. The summed E-state index contributed by atoms with van der Waals surface area (Å²) in [4.78, 5) is 17.4. The lowest BCUT2D eigenvalue weighted by Gasteiger charge is -1.96. The molecule has 80 valence electrons. The molecule has 0 bridgehead atoms. The number of hydrogen-bond donors (Lipinski definition) is 3. The molecule has 2 heterocycles. The summed E-state index contributed by atoms with van der Waals surface area (Å²) in [5.74, 6) is -1.26. The third kappa shape index (κ3) is 1.35. The van der Waals surface area contributed by atoms with Gasteiger partial charge < -0.3 is 15.2 Å². The van der Waals surface area contributed by atoms with Crippen LogP contribution in [0.5, 0.6) is 5.75 Å². The second-order valence-corrected chi connectivity index (χ2v) is 3.17. The zero-order chi connectivity index (χ0) is 11.7. The first-order valence-electron chi connectivity index (χ1n) is 4.44. The molecule has 0 amide bonds. The van der Waals surface area contributed by atoms with E-state index in [9.17, 15) is 9.90 Å². The molecule has 0 aliphatic heterocycles. The molecule has 0 aromatic carbocycles. The van der Waals surface area contributed by atoms with E-state index in [1.165, 1.54) is 12.3 Å². The molecular formula is C10H7N3O3. The number of hydrogen-bond acceptors (Lipinski definition) is 4. The zero-order valence-corrected chi connectivity index (χ0v) is 8.06. The van der Waals surface area contributed by atoms with Crippen LogP contribution in [-0.4, -0.2) is 26.2 Å². The van der Waals surface area contributed by atoms with Crippen LogP contribution in [0.2, 0.25) is 0 Å². The first-order valence-corrected chi connectivity index (χ1v) is 4.44. The number of rotatable bonds is 2. The van der Waals surface area contributed by atoms with Crippen LogP contribution >= 0.6 is 0 Å². The lowest BCUT2D eigenvalue weighted by molar-refractivity contribution is 0.0690. The molecule has 2 aromatic rings. The second kappa shape index (κ2) is 3.55. The second-order valence-electron chi connectivity index (χ2n) is 3.17. The summed E-state index contributed by atoms with van der Waals surface area (Å²) in [6, 6.07) is 3.21. The van der Waals surface area contributed by atoms with E-state index < -0.39 is 5.97 Å². The summed E-state index contributed by atoms with van der Waals surface area (Å²) in [6.07, 6.45) is 1.26. The monoisotopic (exact) mass is 217 g/mol. The van der Waals surface area contributed by atoms with Crippen molar-refractivity contribution >= 4 is 17.0 Å². The van der Waals surface area contributed by atoms with Crippen LogP contribution in [-0.2, 0) is 6.42 Å². The summed E-state index contributed by atoms with van der Waals surface area (Å²) in [6.45, 7) is 0. The molecule has 2 aromatic heterocycles. The normalized spacial score (nSPS) is 10.2. The smallest absolute Gasteiger partial charge is 0.352 e. The van der Waals surface area contributed by atoms with Crippen molar-refractivity contribution in [1.29, 1.82) is 5.26 Å². The van der Waals surface area contributed by atoms with Crippen molar-refractivity contribution in [2.24, 2.45) is 0 Å². The Morgan fingerprint density at radius 2 is 2.38 bits per heavy atom. The van der Waals surface area contributed by atoms with Crippen molar-refractivity contribution in [2.45, 2.75) is 6.42 Å². The van der Waals surface area contributed by atoms with Gasteiger partial charge in [-0.05, 0) is 6.07 Å². The van der Waals surface area contributed by atoms with Crippen LogP contribution in [0.25, 0.3) is 11.0 Å². The van der Waals surface area contributed by atoms with Crippen molar-refractivity contribution in [1.82, 2.24) is 9.97 Å². The summed E-state index contributed by atoms with van der Waals surface area (Å²) in [7, 11) is 0. The van der Waals surface area contributed by atoms with Gasteiger partial charge in [-0.15, -0.1) is 0 Å². The Morgan fingerprint density at radius 3 is 3.00 bits per heavy atom. The van der Waals surface area contributed by atoms with Gasteiger partial charge in [0.2, 0.25) is 0 Å². The molecule has 0 fully saturated rings. The molecule has 2 rings (SSSR count). The van der Waals surface area contributed by atoms with E-state index in [1.807, 2.05) is 6.07 Å². The minimum atomic E-state index is -1.18. The maximum atomic E-state index is 10.9. The Morgan fingerprint density at radius 1 is 1.62 bits per heavy atom. The van der Waals surface area contributed by atoms with Crippen LogP contribution in [0.4, 0.5) is 0 Å². The molecule has 0 aliphatic rings. The highest BCUT2D eigenvalue weighted by Crippen LogP contribution is 2.29. The highest BCUT2D eigenvalue weighted by molar-refractivity contribution is 5.98. The number of aromatic nitrogens is 2. The molecule has 0 aliphatic carbocycles. The van der Waals surface area contributed by atoms with Gasteiger partial charge in [-0.3, -0.25) is 0 Å². The topological polar surface area (TPSA) is 110 Å². The van der Waals surface area contributed by atoms with Crippen LogP contribution in [0.1, 0.15) is 16.1 Å². The fourth-order valence-corrected chi connectivity index (χ4v) is 1.60. The fourth-order valence-electron chi connectivity index (χ4n) is 1.60. The third-order valence-corrected chi connectivity index (χ3v) is 2.25. The average molecular weight is 217 g/mol. The van der Waals surface area contributed by atoms with Crippen LogP contribution in [0, 0.1) is 11.3 Å². The number of nitrogens with one attached hydrogen (secondary N) is 1. The first-order chi connectivity index (χ1) is 7.65. The van der Waals surface area contributed by atoms with Gasteiger partial charge in [-0.25, -0.2) is 9.78 Å². The fraction of sp³-hybridized carbons (Fsp3) is 0.100. The molecule has 0 saturated carbocycles. The molecular weight excluding hydrogens is 210 g/mol. The van der Waals surface area contributed by atoms with Crippen molar-refractivity contribution in [3.05, 3.63) is 23.5 Å². The lowest BCUT2D eigenvalue weighted by Crippen LogP contribution is -2.00. The van der Waals surface area contributed by atoms with Crippen molar-refractivity contribution in [3.63, 3.8) is 0 Å². The number of pyridine rings is 1. The van der Waals surface area contributed by atoms with E-state index in [0.29, 0.717) is 5.39 Å². The Hall–Kier alpha value is -2.55. The molecule has 0 atom stereocenters. The number of carboxylic acids is 1. The average Bonchev–Trinajstić information content (AvgIpc) is 2.59. The highest BCUT2D eigenvalue weighted by atomic mass is 16.4. The van der Waals surface area contributed by atoms with Gasteiger partial charge >= 0.3 is 5.97 Å². The number of nitrogens with zero attached hydrogens (tertiary/aromatic N) is 2. The SMILES string of the molecule is N#CCc1c(C(=O)O)[nH]c2nccc(O)c12. The van der Waals surface area contributed by atoms with E-state index in [0.717, 1.165) is 0 Å². The molecule has 0 spiro atoms. The number of aromatic amines is 1. The van der Waals surface area contributed by atoms with Crippen LogP contribution in [0.15, 0.2) is 12.3 Å². The van der Waals surface area contributed by atoms with Gasteiger partial charge in [-0.2, -0.15) is 5.26 Å². The summed E-state index contributed by atoms with van der Waals surface area (Å²) >= 11 is 0. The van der Waals surface area contributed by atoms with Crippen molar-refractivity contribution in [2.75, 3.05) is 0 Å². The quantitative estimate of drug-likeness (QED) is 0.695. The van der Waals surface area contributed by atoms with E-state index >= 15 is 0 Å². The highest BCUT2D eigenvalue weighted by Gasteiger charge is 2.19. The minimum Gasteiger partial charge on any atom is -0.507 e. The van der Waals surface area contributed by atoms with Crippen molar-refractivity contribution in [3.8, 4) is 11.8 Å². The molecule has 3 N–H and O–H groups in total. The molecule has 0 radical (unpaired) electrons. The van der Waals surface area contributed by atoms with E-state index in [2.05, 4.69) is 9.97 Å². The number of carboxylic acid groups (broad SMARTS) is 1. The third-order valence-electron chi connectivity index (χ3n) is 2.25. The summed E-state index contributed by atoms with van der Waals surface area (Å²) < 4.78 is 0. The predicted octanol–water partition coefficient (Wildman–Crippen LogP) is 1.03. The Balaban J connectivity index is 2.83. The first kappa shape index (κ1) is 9.98. The molecule has 6 heteroatoms. The minimum absolute atomic E-state index is 0.0843. The Labute approximate surface area is 89.8 Å². The molecule has 6 nitrogen and oxygen atoms in total. The van der Waals surface area contributed by atoms with Gasteiger partial charge in [0.05, 0.1) is 17.9 Å². The number of nitriles is 1. The standard InChI is InChI=1S/C10H7N3O3/c11-3-1-5-7-6(14)2-4-12-9(7)13-8(5)10(15)16/h2,4H,1H2,(H,15,16)(H2,12,13,14). The van der Waals surface area contributed by atoms with Gasteiger partial charge in [0.25, 0.3) is 0 Å². The van der Waals surface area contributed by atoms with Gasteiger partial charge in [0, 0.05) is 11.8 Å². The summed E-state index contributed by atoms with van der Waals surface area (Å²) in [5, 5.41) is 27.5. The van der Waals surface area contributed by atoms with Crippen LogP contribution < -0.4 is 0 Å². The number of aromatic carboxylic acids is 1.